The maximum atomic E-state index is 11.7. The third-order valence-corrected chi connectivity index (χ3v) is 4.25. The molecule has 9 nitrogen and oxygen atoms in total. The van der Waals surface area contributed by atoms with Gasteiger partial charge in [-0.3, -0.25) is 9.59 Å². The minimum atomic E-state index is -0.788. The largest absolute Gasteiger partial charge is 0.493 e. The molecular weight excluding hydrogens is 336 g/mol. The van der Waals surface area contributed by atoms with Crippen molar-refractivity contribution in [3.05, 3.63) is 47.3 Å². The normalized spacial score (nSPS) is 16.8. The molecule has 136 valence electrons. The molecule has 1 unspecified atom stereocenters. The van der Waals surface area contributed by atoms with Crippen molar-refractivity contribution >= 4 is 29.0 Å². The third-order valence-electron chi connectivity index (χ3n) is 4.25. The number of aromatic nitrogens is 1. The van der Waals surface area contributed by atoms with Crippen LogP contribution in [0.25, 0.3) is 5.70 Å². The number of rotatable bonds is 5. The van der Waals surface area contributed by atoms with Gasteiger partial charge in [-0.25, -0.2) is 0 Å². The summed E-state index contributed by atoms with van der Waals surface area (Å²) in [5.41, 5.74) is 24.4. The zero-order valence-corrected chi connectivity index (χ0v) is 13.9. The molecule has 10 N–H and O–H groups in total. The molecule has 0 bridgehead atoms. The second-order valence-corrected chi connectivity index (χ2v) is 5.93. The van der Waals surface area contributed by atoms with Gasteiger partial charge in [0, 0.05) is 23.0 Å². The zero-order chi connectivity index (χ0) is 18.8. The van der Waals surface area contributed by atoms with E-state index in [-0.39, 0.29) is 11.4 Å². The maximum Gasteiger partial charge on any atom is 0.266 e. The van der Waals surface area contributed by atoms with E-state index >= 15 is 0 Å². The monoisotopic (exact) mass is 356 g/mol. The lowest BCUT2D eigenvalue weighted by atomic mass is 9.92. The van der Waals surface area contributed by atoms with Gasteiger partial charge in [0.05, 0.1) is 18.2 Å². The highest BCUT2D eigenvalue weighted by Crippen LogP contribution is 2.36. The average molecular weight is 356 g/mol. The van der Waals surface area contributed by atoms with Gasteiger partial charge in [0.1, 0.15) is 17.3 Å². The molecule has 0 spiro atoms. The summed E-state index contributed by atoms with van der Waals surface area (Å²) in [5, 5.41) is 3.06. The molecule has 0 aliphatic carbocycles. The Labute approximate surface area is 149 Å². The molecule has 1 aliphatic heterocycles. The SMILES string of the molecule is NC(=O)/C(N)=C(\Nc1ccc2c(c1)C(C(N)=O)CCO2)c1cc[nH]c1N. The van der Waals surface area contributed by atoms with E-state index in [1.807, 2.05) is 0 Å². The first-order valence-electron chi connectivity index (χ1n) is 7.94. The van der Waals surface area contributed by atoms with Crippen LogP contribution in [0, 0.1) is 0 Å². The summed E-state index contributed by atoms with van der Waals surface area (Å²) in [7, 11) is 0. The van der Waals surface area contributed by atoms with Crippen LogP contribution in [-0.4, -0.2) is 23.4 Å². The van der Waals surface area contributed by atoms with Gasteiger partial charge in [0.2, 0.25) is 5.91 Å². The predicted octanol–water partition coefficient (Wildman–Crippen LogP) is 0.173. The number of aromatic amines is 1. The number of hydrogen-bond donors (Lipinski definition) is 6. The molecule has 1 atom stereocenters. The molecule has 0 saturated heterocycles. The van der Waals surface area contributed by atoms with Crippen molar-refractivity contribution in [2.45, 2.75) is 12.3 Å². The first kappa shape index (κ1) is 17.2. The van der Waals surface area contributed by atoms with Gasteiger partial charge in [0.25, 0.3) is 5.91 Å². The smallest absolute Gasteiger partial charge is 0.266 e. The van der Waals surface area contributed by atoms with Crippen LogP contribution in [0.2, 0.25) is 0 Å². The lowest BCUT2D eigenvalue weighted by molar-refractivity contribution is -0.120. The number of primary amides is 2. The van der Waals surface area contributed by atoms with Crippen molar-refractivity contribution < 1.29 is 14.3 Å². The van der Waals surface area contributed by atoms with Crippen LogP contribution in [0.15, 0.2) is 36.2 Å². The van der Waals surface area contributed by atoms with Gasteiger partial charge in [0.15, 0.2) is 0 Å². The summed E-state index contributed by atoms with van der Waals surface area (Å²) in [6, 6.07) is 6.87. The molecule has 26 heavy (non-hydrogen) atoms. The van der Waals surface area contributed by atoms with Crippen molar-refractivity contribution in [1.82, 2.24) is 4.98 Å². The summed E-state index contributed by atoms with van der Waals surface area (Å²) in [6.07, 6.45) is 2.12. The number of nitrogen functional groups attached to an aromatic ring is 1. The van der Waals surface area contributed by atoms with Crippen LogP contribution in [0.3, 0.4) is 0 Å². The van der Waals surface area contributed by atoms with Crippen molar-refractivity contribution in [3.63, 3.8) is 0 Å². The number of carbonyl (C=O) groups excluding carboxylic acids is 2. The van der Waals surface area contributed by atoms with E-state index in [2.05, 4.69) is 10.3 Å². The minimum absolute atomic E-state index is 0.170. The van der Waals surface area contributed by atoms with E-state index in [1.165, 1.54) is 0 Å². The zero-order valence-electron chi connectivity index (χ0n) is 13.9. The van der Waals surface area contributed by atoms with Crippen molar-refractivity contribution in [2.24, 2.45) is 17.2 Å². The Morgan fingerprint density at radius 3 is 2.58 bits per heavy atom. The number of fused-ring (bicyclic) bond motifs is 1. The number of H-pyrrole nitrogens is 1. The number of benzene rings is 1. The molecular formula is C17H20N6O3. The summed E-state index contributed by atoms with van der Waals surface area (Å²) in [6.45, 7) is 0.424. The van der Waals surface area contributed by atoms with Crippen molar-refractivity contribution in [3.8, 4) is 5.75 Å². The van der Waals surface area contributed by atoms with E-state index in [1.54, 1.807) is 30.5 Å². The number of carbonyl (C=O) groups is 2. The van der Waals surface area contributed by atoms with E-state index < -0.39 is 17.7 Å². The van der Waals surface area contributed by atoms with Gasteiger partial charge >= 0.3 is 0 Å². The van der Waals surface area contributed by atoms with E-state index in [0.717, 1.165) is 0 Å². The van der Waals surface area contributed by atoms with Crippen LogP contribution in [0.4, 0.5) is 11.5 Å². The molecule has 2 aromatic rings. The summed E-state index contributed by atoms with van der Waals surface area (Å²) in [4.78, 5) is 26.1. The van der Waals surface area contributed by atoms with E-state index in [9.17, 15) is 9.59 Å². The van der Waals surface area contributed by atoms with Gasteiger partial charge in [-0.2, -0.15) is 0 Å². The molecule has 2 amide bonds. The highest BCUT2D eigenvalue weighted by molar-refractivity contribution is 6.02. The molecule has 0 fully saturated rings. The Balaban J connectivity index is 2.02. The van der Waals surface area contributed by atoms with Gasteiger partial charge in [-0.15, -0.1) is 0 Å². The number of ether oxygens (including phenoxy) is 1. The summed E-state index contributed by atoms with van der Waals surface area (Å²) < 4.78 is 5.57. The fourth-order valence-corrected chi connectivity index (χ4v) is 2.92. The Hall–Kier alpha value is -3.62. The molecule has 9 heteroatoms. The van der Waals surface area contributed by atoms with Gasteiger partial charge < -0.3 is 38.0 Å². The lowest BCUT2D eigenvalue weighted by Crippen LogP contribution is -2.27. The summed E-state index contributed by atoms with van der Waals surface area (Å²) in [5.74, 6) is -0.731. The Kier molecular flexibility index (Phi) is 4.44. The molecule has 2 heterocycles. The van der Waals surface area contributed by atoms with Gasteiger partial charge in [-0.05, 0) is 30.7 Å². The fraction of sp³-hybridized carbons (Fsp3) is 0.176. The molecule has 1 aliphatic rings. The molecule has 0 saturated carbocycles. The number of anilines is 2. The topological polar surface area (TPSA) is 175 Å². The van der Waals surface area contributed by atoms with Crippen LogP contribution in [0.1, 0.15) is 23.5 Å². The van der Waals surface area contributed by atoms with Crippen molar-refractivity contribution in [2.75, 3.05) is 17.7 Å². The maximum absolute atomic E-state index is 11.7. The number of amides is 2. The van der Waals surface area contributed by atoms with Gasteiger partial charge in [-0.1, -0.05) is 0 Å². The van der Waals surface area contributed by atoms with Crippen LogP contribution >= 0.6 is 0 Å². The fourth-order valence-electron chi connectivity index (χ4n) is 2.92. The second-order valence-electron chi connectivity index (χ2n) is 5.93. The number of hydrogen-bond acceptors (Lipinski definition) is 6. The molecule has 1 aromatic heterocycles. The Morgan fingerprint density at radius 2 is 1.96 bits per heavy atom. The lowest BCUT2D eigenvalue weighted by Gasteiger charge is -2.24. The molecule has 3 rings (SSSR count). The highest BCUT2D eigenvalue weighted by atomic mass is 16.5. The predicted molar refractivity (Wildman–Crippen MR) is 97.6 cm³/mol. The van der Waals surface area contributed by atoms with Crippen molar-refractivity contribution in [1.29, 1.82) is 0 Å². The molecule has 1 aromatic carbocycles. The molecule has 0 radical (unpaired) electrons. The third kappa shape index (κ3) is 3.14. The average Bonchev–Trinajstić information content (AvgIpc) is 3.03. The van der Waals surface area contributed by atoms with Crippen LogP contribution in [-0.2, 0) is 9.59 Å². The minimum Gasteiger partial charge on any atom is -0.493 e. The Bertz CT molecular complexity index is 902. The first-order valence-corrected chi connectivity index (χ1v) is 7.94. The first-order chi connectivity index (χ1) is 12.4. The second kappa shape index (κ2) is 6.71. The van der Waals surface area contributed by atoms with Crippen LogP contribution in [0.5, 0.6) is 5.75 Å². The summed E-state index contributed by atoms with van der Waals surface area (Å²) >= 11 is 0. The number of nitrogens with two attached hydrogens (primary N) is 4. The van der Waals surface area contributed by atoms with E-state index in [0.29, 0.717) is 41.4 Å². The Morgan fingerprint density at radius 1 is 1.19 bits per heavy atom. The number of nitrogens with one attached hydrogen (secondary N) is 2. The highest BCUT2D eigenvalue weighted by Gasteiger charge is 2.26. The van der Waals surface area contributed by atoms with Crippen LogP contribution < -0.4 is 33.0 Å². The van der Waals surface area contributed by atoms with E-state index in [4.69, 9.17) is 27.7 Å². The quantitative estimate of drug-likeness (QED) is 0.416. The standard InChI is InChI=1S/C17H20N6O3/c18-13(17(21)25)14(10-3-5-22-15(10)19)23-8-1-2-12-11(7-8)9(16(20)24)4-6-26-12/h1-3,5,7,9,22-23H,4,6,18-19H2,(H2,20,24)(H2,21,25)/b14-13+.